The highest BCUT2D eigenvalue weighted by molar-refractivity contribution is 6.31. The number of aliphatic hydroxyl groups is 2. The van der Waals surface area contributed by atoms with Crippen LogP contribution in [-0.4, -0.2) is 89.8 Å². The van der Waals surface area contributed by atoms with Gasteiger partial charge < -0.3 is 34.2 Å². The fourth-order valence-electron chi connectivity index (χ4n) is 5.64. The fraction of sp³-hybridized carbons (Fsp3) is 0.576. The van der Waals surface area contributed by atoms with E-state index in [2.05, 4.69) is 0 Å². The van der Waals surface area contributed by atoms with Gasteiger partial charge in [0, 0.05) is 37.8 Å². The molecule has 12 heteroatoms. The lowest BCUT2D eigenvalue weighted by molar-refractivity contribution is -0.174. The predicted octanol–water partition coefficient (Wildman–Crippen LogP) is 4.82. The Kier molecular flexibility index (Phi) is 11.5. The molecule has 9 nitrogen and oxygen atoms in total. The van der Waals surface area contributed by atoms with Crippen molar-refractivity contribution in [3.8, 4) is 0 Å². The van der Waals surface area contributed by atoms with Crippen LogP contribution in [0.3, 0.4) is 0 Å². The smallest absolute Gasteiger partial charge is 0.410 e. The van der Waals surface area contributed by atoms with Crippen molar-refractivity contribution in [1.82, 2.24) is 9.80 Å². The van der Waals surface area contributed by atoms with Crippen molar-refractivity contribution >= 4 is 23.6 Å². The summed E-state index contributed by atoms with van der Waals surface area (Å²) >= 11 is 6.61. The van der Waals surface area contributed by atoms with E-state index in [0.717, 1.165) is 36.1 Å². The summed E-state index contributed by atoms with van der Waals surface area (Å²) in [6, 6.07) is 8.83. The first-order valence-corrected chi connectivity index (χ1v) is 15.6. The first kappa shape index (κ1) is 35.0. The molecule has 0 aromatic heterocycles. The summed E-state index contributed by atoms with van der Waals surface area (Å²) in [4.78, 5) is 31.2. The molecule has 1 heterocycles. The molecule has 248 valence electrons. The molecular weight excluding hydrogens is 610 g/mol. The highest BCUT2D eigenvalue weighted by atomic mass is 35.5. The van der Waals surface area contributed by atoms with E-state index in [4.69, 9.17) is 25.8 Å². The number of likely N-dealkylation sites (tertiary alicyclic amines) is 1. The molecule has 0 spiro atoms. The Labute approximate surface area is 268 Å². The van der Waals surface area contributed by atoms with Gasteiger partial charge in [-0.1, -0.05) is 29.8 Å². The number of rotatable bonds is 12. The van der Waals surface area contributed by atoms with Gasteiger partial charge in [-0.3, -0.25) is 4.79 Å². The van der Waals surface area contributed by atoms with Gasteiger partial charge in [-0.25, -0.2) is 13.6 Å². The van der Waals surface area contributed by atoms with Crippen LogP contribution in [-0.2, 0) is 37.6 Å². The number of hydrogen-bond acceptors (Lipinski definition) is 7. The topological polar surface area (TPSA) is 109 Å². The molecule has 1 aliphatic heterocycles. The Bertz CT molecular complexity index is 1350. The maximum absolute atomic E-state index is 14.8. The molecule has 2 aromatic carbocycles. The molecule has 2 aromatic rings. The summed E-state index contributed by atoms with van der Waals surface area (Å²) < 4.78 is 46.0. The second-order valence-electron chi connectivity index (χ2n) is 12.8. The van der Waals surface area contributed by atoms with E-state index in [0.29, 0.717) is 18.1 Å². The number of piperidine rings is 1. The summed E-state index contributed by atoms with van der Waals surface area (Å²) in [7, 11) is 1.62. The molecule has 45 heavy (non-hydrogen) atoms. The van der Waals surface area contributed by atoms with Crippen LogP contribution in [0.4, 0.5) is 13.6 Å². The van der Waals surface area contributed by atoms with Crippen LogP contribution in [0.25, 0.3) is 0 Å². The summed E-state index contributed by atoms with van der Waals surface area (Å²) in [6.45, 7) is 4.84. The minimum absolute atomic E-state index is 0.0115. The van der Waals surface area contributed by atoms with Gasteiger partial charge in [-0.2, -0.15) is 0 Å². The van der Waals surface area contributed by atoms with Crippen molar-refractivity contribution < 1.29 is 42.8 Å². The quantitative estimate of drug-likeness (QED) is 0.339. The number of carbonyl (C=O) groups is 2. The van der Waals surface area contributed by atoms with E-state index in [1.54, 1.807) is 38.8 Å². The molecule has 1 aliphatic carbocycles. The van der Waals surface area contributed by atoms with Crippen LogP contribution in [0.15, 0.2) is 36.4 Å². The first-order valence-electron chi connectivity index (χ1n) is 15.2. The monoisotopic (exact) mass is 652 g/mol. The molecule has 0 bridgehead atoms. The maximum Gasteiger partial charge on any atom is 0.410 e. The molecule has 2 N–H and O–H groups in total. The number of carbonyl (C=O) groups excluding carboxylic acids is 2. The second kappa shape index (κ2) is 14.7. The predicted molar refractivity (Wildman–Crippen MR) is 164 cm³/mol. The zero-order valence-corrected chi connectivity index (χ0v) is 27.0. The third-order valence-electron chi connectivity index (χ3n) is 8.14. The lowest BCUT2D eigenvalue weighted by atomic mass is 9.74. The zero-order valence-electron chi connectivity index (χ0n) is 26.2. The maximum atomic E-state index is 14.8. The van der Waals surface area contributed by atoms with Crippen LogP contribution in [0.1, 0.15) is 56.7 Å². The number of nitrogens with zero attached hydrogens (tertiary/aromatic N) is 2. The molecule has 1 saturated carbocycles. The molecule has 2 aliphatic rings. The summed E-state index contributed by atoms with van der Waals surface area (Å²) in [5.74, 6) is -3.67. The third kappa shape index (κ3) is 8.71. The summed E-state index contributed by atoms with van der Waals surface area (Å²) in [6.07, 6.45) is 0.278. The fourth-order valence-corrected chi connectivity index (χ4v) is 5.82. The van der Waals surface area contributed by atoms with E-state index in [-0.39, 0.29) is 50.2 Å². The Morgan fingerprint density at radius 2 is 1.89 bits per heavy atom. The van der Waals surface area contributed by atoms with Gasteiger partial charge >= 0.3 is 6.09 Å². The van der Waals surface area contributed by atoms with Crippen molar-refractivity contribution in [3.05, 3.63) is 69.7 Å². The van der Waals surface area contributed by atoms with Crippen LogP contribution < -0.4 is 0 Å². The van der Waals surface area contributed by atoms with Crippen molar-refractivity contribution in [1.29, 1.82) is 0 Å². The highest BCUT2D eigenvalue weighted by Gasteiger charge is 2.53. The van der Waals surface area contributed by atoms with E-state index in [1.807, 2.05) is 12.1 Å². The molecule has 2 amide bonds. The second-order valence-corrected chi connectivity index (χ2v) is 13.2. The molecular formula is C33H43ClF2N2O7. The van der Waals surface area contributed by atoms with E-state index >= 15 is 0 Å². The van der Waals surface area contributed by atoms with Gasteiger partial charge in [0.05, 0.1) is 25.7 Å². The Morgan fingerprint density at radius 3 is 2.51 bits per heavy atom. The SMILES string of the molecule is COCCc1ccc(Cl)c(CN(C(=O)[C@H]2CN(C(=O)OC(C)(C)C)CC[C@]2(OCC(O)CO)c2ccc(F)c(F)c2)C2CC2)c1. The van der Waals surface area contributed by atoms with Crippen molar-refractivity contribution in [2.24, 2.45) is 5.92 Å². The minimum atomic E-state index is -1.57. The van der Waals surface area contributed by atoms with Gasteiger partial charge in [0.15, 0.2) is 11.6 Å². The van der Waals surface area contributed by atoms with E-state index < -0.39 is 47.6 Å². The number of benzene rings is 2. The minimum Gasteiger partial charge on any atom is -0.444 e. The average molecular weight is 653 g/mol. The van der Waals surface area contributed by atoms with Crippen molar-refractivity contribution in [3.63, 3.8) is 0 Å². The van der Waals surface area contributed by atoms with Crippen molar-refractivity contribution in [2.45, 2.75) is 76.3 Å². The van der Waals surface area contributed by atoms with Crippen LogP contribution in [0.5, 0.6) is 0 Å². The van der Waals surface area contributed by atoms with Crippen molar-refractivity contribution in [2.75, 3.05) is 40.0 Å². The number of ether oxygens (including phenoxy) is 3. The lowest BCUT2D eigenvalue weighted by Gasteiger charge is -2.48. The van der Waals surface area contributed by atoms with Gasteiger partial charge in [0.2, 0.25) is 5.91 Å². The number of amides is 2. The zero-order chi connectivity index (χ0) is 32.9. The van der Waals surface area contributed by atoms with E-state index in [1.165, 1.54) is 11.0 Å². The highest BCUT2D eigenvalue weighted by Crippen LogP contribution is 2.45. The number of hydrogen-bond donors (Lipinski definition) is 2. The Balaban J connectivity index is 1.77. The summed E-state index contributed by atoms with van der Waals surface area (Å²) in [5.41, 5.74) is -0.454. The Morgan fingerprint density at radius 1 is 1.16 bits per heavy atom. The number of aliphatic hydroxyl groups excluding tert-OH is 2. The van der Waals surface area contributed by atoms with Gasteiger partial charge in [0.25, 0.3) is 0 Å². The van der Waals surface area contributed by atoms with Crippen LogP contribution >= 0.6 is 11.6 Å². The standard InChI is InChI=1S/C33H43ClF2N2O7/c1-32(2,3)45-31(42)37-13-12-33(44-20-25(40)19-39,23-6-10-28(35)29(36)16-23)26(18-37)30(41)38(24-7-8-24)17-22-15-21(11-14-43-4)5-9-27(22)34/h5-6,9-10,15-16,24-26,39-40H,7-8,11-14,17-20H2,1-4H3/t25?,26-,33+/m1/s1. The van der Waals surface area contributed by atoms with Crippen LogP contribution in [0, 0.1) is 17.6 Å². The van der Waals surface area contributed by atoms with Gasteiger partial charge in [-0.05, 0) is 81.3 Å². The van der Waals surface area contributed by atoms with E-state index in [9.17, 15) is 28.6 Å². The van der Waals surface area contributed by atoms with Crippen LogP contribution in [0.2, 0.25) is 5.02 Å². The first-order chi connectivity index (χ1) is 21.3. The average Bonchev–Trinajstić information content (AvgIpc) is 3.84. The normalized spacial score (nSPS) is 21.0. The summed E-state index contributed by atoms with van der Waals surface area (Å²) in [5, 5.41) is 20.3. The molecule has 0 radical (unpaired) electrons. The number of halogens is 3. The largest absolute Gasteiger partial charge is 0.444 e. The molecule has 1 saturated heterocycles. The Hall–Kier alpha value is -2.83. The molecule has 2 fully saturated rings. The lowest BCUT2D eigenvalue weighted by Crippen LogP contribution is -2.59. The third-order valence-corrected chi connectivity index (χ3v) is 8.51. The van der Waals surface area contributed by atoms with Gasteiger partial charge in [-0.15, -0.1) is 0 Å². The number of methoxy groups -OCH3 is 1. The molecule has 1 unspecified atom stereocenters. The van der Waals surface area contributed by atoms with Gasteiger partial charge in [0.1, 0.15) is 17.3 Å². The molecule has 4 rings (SSSR count). The molecule has 3 atom stereocenters.